The lowest BCUT2D eigenvalue weighted by molar-refractivity contribution is 0.0731. The first-order valence-corrected chi connectivity index (χ1v) is 7.87. The minimum absolute atomic E-state index is 0.0835. The van der Waals surface area contributed by atoms with E-state index in [1.54, 1.807) is 18.7 Å². The summed E-state index contributed by atoms with van der Waals surface area (Å²) in [4.78, 5) is 26.4. The summed E-state index contributed by atoms with van der Waals surface area (Å²) < 4.78 is 1.61. The van der Waals surface area contributed by atoms with E-state index >= 15 is 0 Å². The van der Waals surface area contributed by atoms with Crippen molar-refractivity contribution in [2.75, 3.05) is 20.1 Å². The Bertz CT molecular complexity index is 781. The molecular weight excluding hydrogens is 304 g/mol. The van der Waals surface area contributed by atoms with Crippen LogP contribution in [-0.2, 0) is 0 Å². The molecule has 1 aromatic carbocycles. The van der Waals surface area contributed by atoms with Crippen molar-refractivity contribution in [3.8, 4) is 5.69 Å². The van der Waals surface area contributed by atoms with Gasteiger partial charge >= 0.3 is 0 Å². The average molecular weight is 328 g/mol. The Kier molecular flexibility index (Phi) is 5.19. The van der Waals surface area contributed by atoms with Crippen molar-refractivity contribution in [3.05, 3.63) is 58.0 Å². The Morgan fingerprint density at radius 2 is 1.92 bits per heavy atom. The predicted octanol–water partition coefficient (Wildman–Crippen LogP) is 1.60. The molecule has 128 valence electrons. The van der Waals surface area contributed by atoms with Gasteiger partial charge in [0.1, 0.15) is 0 Å². The predicted molar refractivity (Wildman–Crippen MR) is 94.4 cm³/mol. The Hall–Kier alpha value is -2.47. The molecule has 2 N–H and O–H groups in total. The lowest BCUT2D eigenvalue weighted by Gasteiger charge is -2.28. The van der Waals surface area contributed by atoms with Crippen molar-refractivity contribution < 1.29 is 4.79 Å². The van der Waals surface area contributed by atoms with Gasteiger partial charge in [-0.1, -0.05) is 32.0 Å². The third-order valence-electron chi connectivity index (χ3n) is 3.88. The highest BCUT2D eigenvalue weighted by Crippen LogP contribution is 2.15. The SMILES string of the molecule is Cc1cc(=O)c(C(=O)N(C)CC(C)(C)CN)nn1-c1ccccc1. The number of aryl methyl sites for hydroxylation is 1. The van der Waals surface area contributed by atoms with E-state index in [1.165, 1.54) is 11.0 Å². The first kappa shape index (κ1) is 17.9. The highest BCUT2D eigenvalue weighted by atomic mass is 16.2. The van der Waals surface area contributed by atoms with E-state index in [9.17, 15) is 9.59 Å². The lowest BCUT2D eigenvalue weighted by atomic mass is 9.93. The van der Waals surface area contributed by atoms with Crippen molar-refractivity contribution >= 4 is 5.91 Å². The molecule has 0 fully saturated rings. The fraction of sp³-hybridized carbons (Fsp3) is 0.389. The molecule has 2 rings (SSSR count). The van der Waals surface area contributed by atoms with E-state index in [2.05, 4.69) is 5.10 Å². The van der Waals surface area contributed by atoms with Gasteiger partial charge in [-0.2, -0.15) is 5.10 Å². The smallest absolute Gasteiger partial charge is 0.278 e. The molecule has 0 aliphatic rings. The summed E-state index contributed by atoms with van der Waals surface area (Å²) in [6.45, 7) is 6.63. The summed E-state index contributed by atoms with van der Waals surface area (Å²) in [5.41, 5.74) is 6.51. The normalized spacial score (nSPS) is 11.4. The van der Waals surface area contributed by atoms with Crippen molar-refractivity contribution in [3.63, 3.8) is 0 Å². The number of nitrogens with two attached hydrogens (primary N) is 1. The summed E-state index contributed by atoms with van der Waals surface area (Å²) in [7, 11) is 1.66. The molecule has 0 bridgehead atoms. The number of hydrogen-bond acceptors (Lipinski definition) is 4. The third-order valence-corrected chi connectivity index (χ3v) is 3.88. The Morgan fingerprint density at radius 1 is 1.29 bits per heavy atom. The molecule has 6 heteroatoms. The minimum atomic E-state index is -0.397. The van der Waals surface area contributed by atoms with E-state index in [0.717, 1.165) is 5.69 Å². The summed E-state index contributed by atoms with van der Waals surface area (Å²) in [5, 5.41) is 4.30. The van der Waals surface area contributed by atoms with Crippen LogP contribution in [-0.4, -0.2) is 40.7 Å². The van der Waals surface area contributed by atoms with Crippen molar-refractivity contribution in [2.24, 2.45) is 11.1 Å². The van der Waals surface area contributed by atoms with Crippen LogP contribution in [0.1, 0.15) is 30.0 Å². The maximum Gasteiger partial charge on any atom is 0.278 e. The van der Waals surface area contributed by atoms with Gasteiger partial charge in [0.05, 0.1) is 5.69 Å². The van der Waals surface area contributed by atoms with Gasteiger partial charge in [0.25, 0.3) is 5.91 Å². The van der Waals surface area contributed by atoms with Gasteiger partial charge in [0.2, 0.25) is 5.43 Å². The summed E-state index contributed by atoms with van der Waals surface area (Å²) in [5.74, 6) is -0.397. The van der Waals surface area contributed by atoms with E-state index < -0.39 is 5.91 Å². The number of carbonyl (C=O) groups excluding carboxylic acids is 1. The summed E-state index contributed by atoms with van der Waals surface area (Å²) in [6, 6.07) is 10.9. The van der Waals surface area contributed by atoms with Crippen LogP contribution in [0.3, 0.4) is 0 Å². The molecule has 1 amide bonds. The maximum atomic E-state index is 12.7. The van der Waals surface area contributed by atoms with Crippen LogP contribution in [0.4, 0.5) is 0 Å². The standard InChI is InChI=1S/C18H24N4O2/c1-13-10-15(23)16(17(24)21(4)12-18(2,3)11-19)20-22(13)14-8-6-5-7-9-14/h5-10H,11-12,19H2,1-4H3. The molecule has 0 aliphatic carbocycles. The van der Waals surface area contributed by atoms with Crippen LogP contribution >= 0.6 is 0 Å². The second-order valence-corrected chi connectivity index (χ2v) is 6.78. The topological polar surface area (TPSA) is 81.2 Å². The largest absolute Gasteiger partial charge is 0.340 e. The van der Waals surface area contributed by atoms with Gasteiger partial charge in [0.15, 0.2) is 5.69 Å². The molecule has 1 heterocycles. The van der Waals surface area contributed by atoms with Crippen molar-refractivity contribution in [2.45, 2.75) is 20.8 Å². The van der Waals surface area contributed by atoms with E-state index in [0.29, 0.717) is 18.8 Å². The molecule has 0 spiro atoms. The first-order chi connectivity index (χ1) is 11.2. The number of rotatable bonds is 5. The zero-order valence-corrected chi connectivity index (χ0v) is 14.6. The third kappa shape index (κ3) is 3.89. The fourth-order valence-electron chi connectivity index (χ4n) is 2.49. The number of benzene rings is 1. The number of amides is 1. The first-order valence-electron chi connectivity index (χ1n) is 7.87. The van der Waals surface area contributed by atoms with Gasteiger partial charge in [-0.05, 0) is 31.0 Å². The summed E-state index contributed by atoms with van der Waals surface area (Å²) >= 11 is 0. The zero-order chi connectivity index (χ0) is 17.9. The Labute approximate surface area is 141 Å². The molecule has 6 nitrogen and oxygen atoms in total. The highest BCUT2D eigenvalue weighted by molar-refractivity contribution is 5.91. The van der Waals surface area contributed by atoms with Crippen LogP contribution in [0.2, 0.25) is 0 Å². The molecule has 0 atom stereocenters. The molecule has 0 unspecified atom stereocenters. The number of nitrogens with zero attached hydrogens (tertiary/aromatic N) is 3. The molecule has 0 aliphatic heterocycles. The van der Waals surface area contributed by atoms with Gasteiger partial charge < -0.3 is 10.6 Å². The molecule has 24 heavy (non-hydrogen) atoms. The van der Waals surface area contributed by atoms with E-state index in [-0.39, 0.29) is 16.5 Å². The van der Waals surface area contributed by atoms with Crippen LogP contribution in [0.5, 0.6) is 0 Å². The van der Waals surface area contributed by atoms with Crippen LogP contribution in [0, 0.1) is 12.3 Å². The fourth-order valence-corrected chi connectivity index (χ4v) is 2.49. The highest BCUT2D eigenvalue weighted by Gasteiger charge is 2.25. The molecular formula is C18H24N4O2. The molecule has 2 aromatic rings. The minimum Gasteiger partial charge on any atom is -0.340 e. The quantitative estimate of drug-likeness (QED) is 0.904. The second kappa shape index (κ2) is 6.97. The van der Waals surface area contributed by atoms with Crippen LogP contribution in [0.25, 0.3) is 5.69 Å². The van der Waals surface area contributed by atoms with Crippen molar-refractivity contribution in [1.29, 1.82) is 0 Å². The molecule has 0 saturated carbocycles. The van der Waals surface area contributed by atoms with E-state index in [4.69, 9.17) is 5.73 Å². The van der Waals surface area contributed by atoms with Crippen LogP contribution < -0.4 is 11.2 Å². The zero-order valence-electron chi connectivity index (χ0n) is 14.6. The number of aromatic nitrogens is 2. The monoisotopic (exact) mass is 328 g/mol. The van der Waals surface area contributed by atoms with Gasteiger partial charge in [-0.3, -0.25) is 9.59 Å². The number of para-hydroxylation sites is 1. The Morgan fingerprint density at radius 3 is 2.50 bits per heavy atom. The lowest BCUT2D eigenvalue weighted by Crippen LogP contribution is -2.41. The van der Waals surface area contributed by atoms with Gasteiger partial charge in [0, 0.05) is 25.4 Å². The van der Waals surface area contributed by atoms with Crippen LogP contribution in [0.15, 0.2) is 41.2 Å². The molecule has 0 radical (unpaired) electrons. The second-order valence-electron chi connectivity index (χ2n) is 6.78. The Balaban J connectivity index is 2.40. The summed E-state index contributed by atoms with van der Waals surface area (Å²) in [6.07, 6.45) is 0. The molecule has 1 aromatic heterocycles. The van der Waals surface area contributed by atoms with Gasteiger partial charge in [-0.25, -0.2) is 4.68 Å². The van der Waals surface area contributed by atoms with Crippen molar-refractivity contribution in [1.82, 2.24) is 14.7 Å². The average Bonchev–Trinajstić information content (AvgIpc) is 2.55. The maximum absolute atomic E-state index is 12.7. The van der Waals surface area contributed by atoms with Gasteiger partial charge in [-0.15, -0.1) is 0 Å². The van der Waals surface area contributed by atoms with E-state index in [1.807, 2.05) is 44.2 Å². The number of hydrogen-bond donors (Lipinski definition) is 1. The molecule has 0 saturated heterocycles. The number of carbonyl (C=O) groups is 1.